The summed E-state index contributed by atoms with van der Waals surface area (Å²) in [6, 6.07) is 0. The van der Waals surface area contributed by atoms with E-state index in [0.717, 1.165) is 18.7 Å². The van der Waals surface area contributed by atoms with Crippen LogP contribution in [0.4, 0.5) is 0 Å². The third-order valence-corrected chi connectivity index (χ3v) is 3.19. The molecule has 1 amide bonds. The third-order valence-electron chi connectivity index (χ3n) is 3.19. The summed E-state index contributed by atoms with van der Waals surface area (Å²) in [5, 5.41) is 9.54. The molecule has 0 fully saturated rings. The van der Waals surface area contributed by atoms with Crippen molar-refractivity contribution in [2.75, 3.05) is 6.54 Å². The number of amides is 1. The molecule has 2 N–H and O–H groups in total. The molecule has 0 aromatic carbocycles. The summed E-state index contributed by atoms with van der Waals surface area (Å²) in [6.07, 6.45) is 9.86. The molecule has 1 aromatic rings. The zero-order chi connectivity index (χ0) is 12.1. The zero-order valence-corrected chi connectivity index (χ0v) is 10.3. The molecule has 1 aliphatic carbocycles. The van der Waals surface area contributed by atoms with Crippen molar-refractivity contribution in [1.82, 2.24) is 15.5 Å². The van der Waals surface area contributed by atoms with Crippen molar-refractivity contribution in [3.63, 3.8) is 0 Å². The molecule has 4 heteroatoms. The minimum Gasteiger partial charge on any atom is -0.352 e. The van der Waals surface area contributed by atoms with Gasteiger partial charge in [-0.2, -0.15) is 5.10 Å². The van der Waals surface area contributed by atoms with Crippen LogP contribution in [0.15, 0.2) is 17.8 Å². The van der Waals surface area contributed by atoms with Crippen molar-refractivity contribution in [1.29, 1.82) is 0 Å². The Morgan fingerprint density at radius 3 is 3.06 bits per heavy atom. The van der Waals surface area contributed by atoms with Crippen LogP contribution < -0.4 is 5.32 Å². The summed E-state index contributed by atoms with van der Waals surface area (Å²) in [4.78, 5) is 11.8. The first kappa shape index (κ1) is 11.9. The fraction of sp³-hybridized carbons (Fsp3) is 0.538. The van der Waals surface area contributed by atoms with Crippen LogP contribution in [0.1, 0.15) is 48.2 Å². The lowest BCUT2D eigenvalue weighted by molar-refractivity contribution is 0.0953. The largest absolute Gasteiger partial charge is 0.352 e. The molecule has 0 unspecified atom stereocenters. The standard InChI is InChI=1S/C13H19N3O/c1-10-12(9-15-16-10)13(17)14-8-7-11-5-3-2-4-6-11/h5,9H,2-4,6-8H2,1H3,(H,14,17)(H,15,16). The molecule has 17 heavy (non-hydrogen) atoms. The molecule has 0 aliphatic heterocycles. The van der Waals surface area contributed by atoms with Crippen molar-refractivity contribution in [2.45, 2.75) is 39.0 Å². The highest BCUT2D eigenvalue weighted by atomic mass is 16.1. The fourth-order valence-corrected chi connectivity index (χ4v) is 2.14. The number of carbonyl (C=O) groups is 1. The van der Waals surface area contributed by atoms with Gasteiger partial charge >= 0.3 is 0 Å². The van der Waals surface area contributed by atoms with Crippen LogP contribution in [0.2, 0.25) is 0 Å². The molecule has 0 radical (unpaired) electrons. The van der Waals surface area contributed by atoms with E-state index in [0.29, 0.717) is 5.56 Å². The predicted molar refractivity (Wildman–Crippen MR) is 66.8 cm³/mol. The van der Waals surface area contributed by atoms with Gasteiger partial charge in [-0.3, -0.25) is 9.89 Å². The second kappa shape index (κ2) is 5.66. The maximum atomic E-state index is 11.8. The van der Waals surface area contributed by atoms with E-state index in [1.807, 2.05) is 6.92 Å². The van der Waals surface area contributed by atoms with Gasteiger partial charge in [0.05, 0.1) is 11.8 Å². The molecule has 4 nitrogen and oxygen atoms in total. The number of rotatable bonds is 4. The van der Waals surface area contributed by atoms with Gasteiger partial charge < -0.3 is 5.32 Å². The highest BCUT2D eigenvalue weighted by molar-refractivity contribution is 5.94. The van der Waals surface area contributed by atoms with Gasteiger partial charge in [0.25, 0.3) is 5.91 Å². The van der Waals surface area contributed by atoms with Crippen LogP contribution in [0.5, 0.6) is 0 Å². The number of nitrogens with one attached hydrogen (secondary N) is 2. The molecule has 1 aromatic heterocycles. The number of H-pyrrole nitrogens is 1. The van der Waals surface area contributed by atoms with E-state index < -0.39 is 0 Å². The Morgan fingerprint density at radius 2 is 2.41 bits per heavy atom. The monoisotopic (exact) mass is 233 g/mol. The molecule has 2 rings (SSSR count). The van der Waals surface area contributed by atoms with Crippen molar-refractivity contribution < 1.29 is 4.79 Å². The Bertz CT molecular complexity index is 420. The molecule has 0 spiro atoms. The van der Waals surface area contributed by atoms with Gasteiger partial charge in [-0.25, -0.2) is 0 Å². The quantitative estimate of drug-likeness (QED) is 0.784. The van der Waals surface area contributed by atoms with Crippen LogP contribution in [0.3, 0.4) is 0 Å². The number of aromatic nitrogens is 2. The average Bonchev–Trinajstić information content (AvgIpc) is 2.77. The van der Waals surface area contributed by atoms with Crippen LogP contribution in [0, 0.1) is 6.92 Å². The van der Waals surface area contributed by atoms with Crippen LogP contribution >= 0.6 is 0 Å². The maximum Gasteiger partial charge on any atom is 0.254 e. The van der Waals surface area contributed by atoms with Gasteiger partial charge in [-0.15, -0.1) is 0 Å². The summed E-state index contributed by atoms with van der Waals surface area (Å²) < 4.78 is 0. The fourth-order valence-electron chi connectivity index (χ4n) is 2.14. The molecule has 1 heterocycles. The molecule has 0 bridgehead atoms. The topological polar surface area (TPSA) is 57.8 Å². The summed E-state index contributed by atoms with van der Waals surface area (Å²) in [5.74, 6) is -0.0346. The second-order valence-electron chi connectivity index (χ2n) is 4.52. The molecule has 0 saturated carbocycles. The van der Waals surface area contributed by atoms with Crippen molar-refractivity contribution >= 4 is 5.91 Å². The Balaban J connectivity index is 1.77. The van der Waals surface area contributed by atoms with E-state index in [4.69, 9.17) is 0 Å². The number of aromatic amines is 1. The zero-order valence-electron chi connectivity index (χ0n) is 10.3. The van der Waals surface area contributed by atoms with Gasteiger partial charge in [-0.1, -0.05) is 11.6 Å². The van der Waals surface area contributed by atoms with E-state index in [1.54, 1.807) is 6.20 Å². The van der Waals surface area contributed by atoms with E-state index >= 15 is 0 Å². The van der Waals surface area contributed by atoms with Gasteiger partial charge in [-0.05, 0) is 39.0 Å². The molecule has 0 atom stereocenters. The lowest BCUT2D eigenvalue weighted by atomic mass is 9.97. The highest BCUT2D eigenvalue weighted by Gasteiger charge is 2.10. The Hall–Kier alpha value is -1.58. The minimum absolute atomic E-state index is 0.0346. The average molecular weight is 233 g/mol. The molecular formula is C13H19N3O. The van der Waals surface area contributed by atoms with Gasteiger partial charge in [0.1, 0.15) is 0 Å². The van der Waals surface area contributed by atoms with Crippen molar-refractivity contribution in [3.05, 3.63) is 29.1 Å². The van der Waals surface area contributed by atoms with Gasteiger partial charge in [0, 0.05) is 12.2 Å². The maximum absolute atomic E-state index is 11.8. The summed E-state index contributed by atoms with van der Waals surface area (Å²) in [5.41, 5.74) is 2.95. The number of carbonyl (C=O) groups excluding carboxylic acids is 1. The predicted octanol–water partition coefficient (Wildman–Crippen LogP) is 2.34. The minimum atomic E-state index is -0.0346. The summed E-state index contributed by atoms with van der Waals surface area (Å²) >= 11 is 0. The molecule has 0 saturated heterocycles. The SMILES string of the molecule is Cc1[nH]ncc1C(=O)NCCC1=CCCCC1. The van der Waals surface area contributed by atoms with E-state index in [9.17, 15) is 4.79 Å². The first-order valence-corrected chi connectivity index (χ1v) is 6.23. The van der Waals surface area contributed by atoms with Gasteiger partial charge in [0.2, 0.25) is 0 Å². The summed E-state index contributed by atoms with van der Waals surface area (Å²) in [7, 11) is 0. The Morgan fingerprint density at radius 1 is 1.53 bits per heavy atom. The van der Waals surface area contributed by atoms with Crippen LogP contribution in [-0.2, 0) is 0 Å². The lowest BCUT2D eigenvalue weighted by Crippen LogP contribution is -2.25. The van der Waals surface area contributed by atoms with E-state index in [-0.39, 0.29) is 5.91 Å². The highest BCUT2D eigenvalue weighted by Crippen LogP contribution is 2.19. The Kier molecular flexibility index (Phi) is 3.96. The number of aryl methyl sites for hydroxylation is 1. The van der Waals surface area contributed by atoms with Crippen molar-refractivity contribution in [2.24, 2.45) is 0 Å². The van der Waals surface area contributed by atoms with Gasteiger partial charge in [0.15, 0.2) is 0 Å². The number of nitrogens with zero attached hydrogens (tertiary/aromatic N) is 1. The van der Waals surface area contributed by atoms with E-state index in [1.165, 1.54) is 31.3 Å². The first-order valence-electron chi connectivity index (χ1n) is 6.23. The smallest absolute Gasteiger partial charge is 0.254 e. The lowest BCUT2D eigenvalue weighted by Gasteiger charge is -2.12. The van der Waals surface area contributed by atoms with Crippen LogP contribution in [0.25, 0.3) is 0 Å². The van der Waals surface area contributed by atoms with Crippen LogP contribution in [-0.4, -0.2) is 22.6 Å². The number of hydrogen-bond acceptors (Lipinski definition) is 2. The first-order chi connectivity index (χ1) is 8.27. The summed E-state index contributed by atoms with van der Waals surface area (Å²) in [6.45, 7) is 2.57. The Labute approximate surface area is 101 Å². The van der Waals surface area contributed by atoms with Crippen molar-refractivity contribution in [3.8, 4) is 0 Å². The number of hydrogen-bond donors (Lipinski definition) is 2. The molecular weight excluding hydrogens is 214 g/mol. The molecule has 1 aliphatic rings. The second-order valence-corrected chi connectivity index (χ2v) is 4.52. The number of allylic oxidation sites excluding steroid dienone is 1. The third kappa shape index (κ3) is 3.19. The van der Waals surface area contributed by atoms with E-state index in [2.05, 4.69) is 21.6 Å². The normalized spacial score (nSPS) is 15.5. The molecule has 92 valence electrons.